The third kappa shape index (κ3) is 4.85. The molecule has 0 bridgehead atoms. The largest absolute Gasteiger partial charge is 0.383 e. The van der Waals surface area contributed by atoms with Crippen molar-refractivity contribution in [2.45, 2.75) is 26.8 Å². The second-order valence-electron chi connectivity index (χ2n) is 3.99. The predicted octanol–water partition coefficient (Wildman–Crippen LogP) is 0.122. The SMILES string of the molecule is COCC(C)NCC(C)(C)C(N)=O. The summed E-state index contributed by atoms with van der Waals surface area (Å²) >= 11 is 0. The summed E-state index contributed by atoms with van der Waals surface area (Å²) in [6.07, 6.45) is 0. The zero-order valence-corrected chi connectivity index (χ0v) is 8.89. The van der Waals surface area contributed by atoms with Crippen LogP contribution in [0.3, 0.4) is 0 Å². The second kappa shape index (κ2) is 5.19. The van der Waals surface area contributed by atoms with Crippen LogP contribution in [0.25, 0.3) is 0 Å². The van der Waals surface area contributed by atoms with Crippen LogP contribution in [0, 0.1) is 5.41 Å². The average Bonchev–Trinajstić information content (AvgIpc) is 2.01. The van der Waals surface area contributed by atoms with Gasteiger partial charge in [0.2, 0.25) is 5.91 Å². The molecule has 13 heavy (non-hydrogen) atoms. The first kappa shape index (κ1) is 12.4. The number of hydrogen-bond acceptors (Lipinski definition) is 3. The summed E-state index contributed by atoms with van der Waals surface area (Å²) in [5, 5.41) is 3.18. The van der Waals surface area contributed by atoms with Crippen molar-refractivity contribution in [1.29, 1.82) is 0 Å². The van der Waals surface area contributed by atoms with Crippen molar-refractivity contribution in [3.63, 3.8) is 0 Å². The first-order valence-corrected chi connectivity index (χ1v) is 4.42. The fourth-order valence-corrected chi connectivity index (χ4v) is 0.825. The fourth-order valence-electron chi connectivity index (χ4n) is 0.825. The van der Waals surface area contributed by atoms with E-state index in [-0.39, 0.29) is 11.9 Å². The summed E-state index contributed by atoms with van der Waals surface area (Å²) in [5.74, 6) is -0.287. The van der Waals surface area contributed by atoms with Gasteiger partial charge in [0.1, 0.15) is 0 Å². The summed E-state index contributed by atoms with van der Waals surface area (Å²) in [5.41, 5.74) is 4.72. The molecule has 0 aliphatic carbocycles. The Hall–Kier alpha value is -0.610. The molecule has 0 aliphatic rings. The normalized spacial score (nSPS) is 14.2. The Labute approximate surface area is 79.8 Å². The zero-order valence-electron chi connectivity index (χ0n) is 8.89. The number of methoxy groups -OCH3 is 1. The van der Waals surface area contributed by atoms with Crippen LogP contribution in [-0.4, -0.2) is 32.2 Å². The topological polar surface area (TPSA) is 64.3 Å². The fraction of sp³-hybridized carbons (Fsp3) is 0.889. The van der Waals surface area contributed by atoms with Crippen molar-refractivity contribution in [2.75, 3.05) is 20.3 Å². The van der Waals surface area contributed by atoms with Crippen LogP contribution >= 0.6 is 0 Å². The molecule has 0 aromatic rings. The molecule has 0 fully saturated rings. The van der Waals surface area contributed by atoms with Crippen LogP contribution < -0.4 is 11.1 Å². The number of hydrogen-bond donors (Lipinski definition) is 2. The molecule has 0 radical (unpaired) electrons. The molecule has 0 aromatic carbocycles. The predicted molar refractivity (Wildman–Crippen MR) is 52.3 cm³/mol. The van der Waals surface area contributed by atoms with E-state index in [2.05, 4.69) is 5.32 Å². The molecule has 0 aliphatic heterocycles. The molecule has 1 amide bonds. The third-order valence-corrected chi connectivity index (χ3v) is 1.98. The van der Waals surface area contributed by atoms with Crippen molar-refractivity contribution >= 4 is 5.91 Å². The molecule has 0 spiro atoms. The quantitative estimate of drug-likeness (QED) is 0.622. The summed E-state index contributed by atoms with van der Waals surface area (Å²) in [6, 6.07) is 0.239. The lowest BCUT2D eigenvalue weighted by Crippen LogP contribution is -2.44. The molecule has 78 valence electrons. The van der Waals surface area contributed by atoms with Crippen molar-refractivity contribution in [1.82, 2.24) is 5.32 Å². The Morgan fingerprint density at radius 3 is 2.54 bits per heavy atom. The van der Waals surface area contributed by atoms with Gasteiger partial charge < -0.3 is 15.8 Å². The Kier molecular flexibility index (Phi) is 4.95. The van der Waals surface area contributed by atoms with Gasteiger partial charge in [-0.1, -0.05) is 0 Å². The summed E-state index contributed by atoms with van der Waals surface area (Å²) in [4.78, 5) is 10.9. The van der Waals surface area contributed by atoms with Gasteiger partial charge in [0, 0.05) is 19.7 Å². The molecule has 0 saturated heterocycles. The highest BCUT2D eigenvalue weighted by Gasteiger charge is 2.24. The molecular formula is C9H20N2O2. The molecule has 4 nitrogen and oxygen atoms in total. The molecular weight excluding hydrogens is 168 g/mol. The summed E-state index contributed by atoms with van der Waals surface area (Å²) in [6.45, 7) is 6.85. The van der Waals surface area contributed by atoms with Crippen molar-refractivity contribution < 1.29 is 9.53 Å². The van der Waals surface area contributed by atoms with E-state index in [1.807, 2.05) is 20.8 Å². The maximum atomic E-state index is 10.9. The van der Waals surface area contributed by atoms with E-state index >= 15 is 0 Å². The maximum absolute atomic E-state index is 10.9. The third-order valence-electron chi connectivity index (χ3n) is 1.98. The molecule has 0 aromatic heterocycles. The van der Waals surface area contributed by atoms with Crippen molar-refractivity contribution in [3.05, 3.63) is 0 Å². The minimum Gasteiger partial charge on any atom is -0.383 e. The number of rotatable bonds is 6. The second-order valence-corrected chi connectivity index (χ2v) is 3.99. The van der Waals surface area contributed by atoms with Crippen LogP contribution in [0.1, 0.15) is 20.8 Å². The minimum atomic E-state index is -0.498. The summed E-state index contributed by atoms with van der Waals surface area (Å²) in [7, 11) is 1.65. The van der Waals surface area contributed by atoms with Gasteiger partial charge in [0.25, 0.3) is 0 Å². The number of primary amides is 1. The lowest BCUT2D eigenvalue weighted by atomic mass is 9.92. The minimum absolute atomic E-state index is 0.239. The standard InChI is InChI=1S/C9H20N2O2/c1-7(5-13-4)11-6-9(2,3)8(10)12/h7,11H,5-6H2,1-4H3,(H2,10,12). The van der Waals surface area contributed by atoms with Gasteiger partial charge in [-0.2, -0.15) is 0 Å². The van der Waals surface area contributed by atoms with Crippen LogP contribution in [0.2, 0.25) is 0 Å². The number of carbonyl (C=O) groups is 1. The van der Waals surface area contributed by atoms with E-state index in [9.17, 15) is 4.79 Å². The van der Waals surface area contributed by atoms with Gasteiger partial charge >= 0.3 is 0 Å². The van der Waals surface area contributed by atoms with Crippen molar-refractivity contribution in [2.24, 2.45) is 11.1 Å². The Balaban J connectivity index is 3.80. The van der Waals surface area contributed by atoms with Gasteiger partial charge in [-0.3, -0.25) is 4.79 Å². The lowest BCUT2D eigenvalue weighted by molar-refractivity contribution is -0.125. The number of ether oxygens (including phenoxy) is 1. The first-order chi connectivity index (χ1) is 5.90. The van der Waals surface area contributed by atoms with E-state index in [1.54, 1.807) is 7.11 Å². The number of carbonyl (C=O) groups excluding carboxylic acids is 1. The van der Waals surface area contributed by atoms with Gasteiger partial charge in [-0.15, -0.1) is 0 Å². The summed E-state index contributed by atoms with van der Waals surface area (Å²) < 4.78 is 4.95. The smallest absolute Gasteiger partial charge is 0.224 e. The Morgan fingerprint density at radius 2 is 2.15 bits per heavy atom. The highest BCUT2D eigenvalue weighted by atomic mass is 16.5. The van der Waals surface area contributed by atoms with Crippen molar-refractivity contribution in [3.8, 4) is 0 Å². The van der Waals surface area contributed by atoms with Gasteiger partial charge in [-0.25, -0.2) is 0 Å². The van der Waals surface area contributed by atoms with Crippen LogP contribution in [0.15, 0.2) is 0 Å². The lowest BCUT2D eigenvalue weighted by Gasteiger charge is -2.23. The maximum Gasteiger partial charge on any atom is 0.224 e. The molecule has 1 unspecified atom stereocenters. The highest BCUT2D eigenvalue weighted by Crippen LogP contribution is 2.11. The Bertz CT molecular complexity index is 169. The number of nitrogens with one attached hydrogen (secondary N) is 1. The highest BCUT2D eigenvalue weighted by molar-refractivity contribution is 5.80. The van der Waals surface area contributed by atoms with E-state index in [0.717, 1.165) is 0 Å². The molecule has 1 atom stereocenters. The average molecular weight is 188 g/mol. The van der Waals surface area contributed by atoms with E-state index in [1.165, 1.54) is 0 Å². The van der Waals surface area contributed by atoms with Gasteiger partial charge in [0.15, 0.2) is 0 Å². The zero-order chi connectivity index (χ0) is 10.5. The number of amides is 1. The molecule has 0 saturated carbocycles. The van der Waals surface area contributed by atoms with Crippen LogP contribution in [0.5, 0.6) is 0 Å². The van der Waals surface area contributed by atoms with E-state index < -0.39 is 5.41 Å². The van der Waals surface area contributed by atoms with E-state index in [4.69, 9.17) is 10.5 Å². The van der Waals surface area contributed by atoms with Gasteiger partial charge in [-0.05, 0) is 20.8 Å². The molecule has 0 rings (SSSR count). The first-order valence-electron chi connectivity index (χ1n) is 4.42. The number of nitrogens with two attached hydrogens (primary N) is 1. The monoisotopic (exact) mass is 188 g/mol. The Morgan fingerprint density at radius 1 is 1.62 bits per heavy atom. The van der Waals surface area contributed by atoms with Crippen LogP contribution in [-0.2, 0) is 9.53 Å². The van der Waals surface area contributed by atoms with E-state index in [0.29, 0.717) is 13.2 Å². The van der Waals surface area contributed by atoms with Gasteiger partial charge in [0.05, 0.1) is 12.0 Å². The molecule has 0 heterocycles. The van der Waals surface area contributed by atoms with Crippen LogP contribution in [0.4, 0.5) is 0 Å². The molecule has 3 N–H and O–H groups in total. The molecule has 4 heteroatoms.